The van der Waals surface area contributed by atoms with E-state index in [9.17, 15) is 0 Å². The van der Waals surface area contributed by atoms with Gasteiger partial charge in [-0.05, 0) is 19.8 Å². The van der Waals surface area contributed by atoms with Gasteiger partial charge in [-0.1, -0.05) is 0 Å². The number of hydrogen-bond acceptors (Lipinski definition) is 2. The molecule has 0 atom stereocenters. The van der Waals surface area contributed by atoms with Crippen LogP contribution in [-0.2, 0) is 0 Å². The van der Waals surface area contributed by atoms with Gasteiger partial charge in [-0.25, -0.2) is 4.98 Å². The molecule has 1 heterocycles. The lowest BCUT2D eigenvalue weighted by molar-refractivity contribution is 1.03. The number of imidazole rings is 1. The van der Waals surface area contributed by atoms with E-state index in [1.54, 1.807) is 0 Å². The van der Waals surface area contributed by atoms with E-state index < -0.39 is 0 Å². The topological polar surface area (TPSA) is 40.7 Å². The van der Waals surface area contributed by atoms with Gasteiger partial charge in [0.15, 0.2) is 5.95 Å². The van der Waals surface area contributed by atoms with E-state index in [-0.39, 0.29) is 0 Å². The first kappa shape index (κ1) is 6.70. The van der Waals surface area contributed by atoms with Crippen LogP contribution in [0.4, 0.5) is 5.95 Å². The maximum absolute atomic E-state index is 4.42. The third-order valence-corrected chi connectivity index (χ3v) is 2.12. The van der Waals surface area contributed by atoms with E-state index in [0.717, 1.165) is 11.9 Å². The highest BCUT2D eigenvalue weighted by Crippen LogP contribution is 2.40. The molecule has 1 aromatic rings. The van der Waals surface area contributed by atoms with Gasteiger partial charge in [-0.3, -0.25) is 0 Å². The van der Waals surface area contributed by atoms with E-state index in [1.165, 1.54) is 24.2 Å². The van der Waals surface area contributed by atoms with Crippen molar-refractivity contribution < 1.29 is 0 Å². The Hall–Kier alpha value is -0.990. The number of nitrogens with one attached hydrogen (secondary N) is 2. The van der Waals surface area contributed by atoms with Crippen LogP contribution in [0.2, 0.25) is 0 Å². The number of H-pyrrole nitrogens is 1. The van der Waals surface area contributed by atoms with Gasteiger partial charge in [0.1, 0.15) is 0 Å². The van der Waals surface area contributed by atoms with Crippen LogP contribution < -0.4 is 5.32 Å². The number of hydrogen-bond donors (Lipinski definition) is 2. The molecule has 1 saturated carbocycles. The number of aryl methyl sites for hydroxylation is 1. The highest BCUT2D eigenvalue weighted by molar-refractivity contribution is 5.33. The number of aromatic amines is 1. The van der Waals surface area contributed by atoms with Crippen LogP contribution in [-0.4, -0.2) is 17.0 Å². The number of aromatic nitrogens is 2. The lowest BCUT2D eigenvalue weighted by Crippen LogP contribution is -1.89. The summed E-state index contributed by atoms with van der Waals surface area (Å²) in [7, 11) is 1.88. The van der Waals surface area contributed by atoms with Crippen molar-refractivity contribution in [2.75, 3.05) is 12.4 Å². The highest BCUT2D eigenvalue weighted by atomic mass is 15.1. The van der Waals surface area contributed by atoms with E-state index in [1.807, 2.05) is 7.05 Å². The summed E-state index contributed by atoms with van der Waals surface area (Å²) in [6.07, 6.45) is 2.63. The fourth-order valence-electron chi connectivity index (χ4n) is 1.35. The molecule has 0 unspecified atom stereocenters. The average molecular weight is 151 g/mol. The average Bonchev–Trinajstić information content (AvgIpc) is 2.76. The Bertz CT molecular complexity index is 260. The summed E-state index contributed by atoms with van der Waals surface area (Å²) in [4.78, 5) is 7.62. The lowest BCUT2D eigenvalue weighted by Gasteiger charge is -1.89. The summed E-state index contributed by atoms with van der Waals surface area (Å²) in [6.45, 7) is 2.08. The number of anilines is 1. The van der Waals surface area contributed by atoms with Crippen LogP contribution in [0.1, 0.15) is 30.1 Å². The predicted octanol–water partition coefficient (Wildman–Crippen LogP) is 1.64. The first-order chi connectivity index (χ1) is 5.31. The molecule has 0 spiro atoms. The summed E-state index contributed by atoms with van der Waals surface area (Å²) in [5, 5.41) is 3.00. The van der Waals surface area contributed by atoms with Gasteiger partial charge < -0.3 is 10.3 Å². The Morgan fingerprint density at radius 1 is 1.55 bits per heavy atom. The molecule has 0 aromatic carbocycles. The first-order valence-corrected chi connectivity index (χ1v) is 4.05. The largest absolute Gasteiger partial charge is 0.359 e. The van der Waals surface area contributed by atoms with Crippen molar-refractivity contribution in [3.63, 3.8) is 0 Å². The normalized spacial score (nSPS) is 16.9. The summed E-state index contributed by atoms with van der Waals surface area (Å²) in [5.74, 6) is 1.64. The molecule has 1 fully saturated rings. The van der Waals surface area contributed by atoms with Gasteiger partial charge in [0.25, 0.3) is 0 Å². The molecule has 1 aliphatic rings. The van der Waals surface area contributed by atoms with Crippen LogP contribution in [0.15, 0.2) is 0 Å². The molecule has 0 saturated heterocycles. The molecular formula is C8H13N3. The Balaban J connectivity index is 2.30. The van der Waals surface area contributed by atoms with Gasteiger partial charge in [0.05, 0.1) is 5.69 Å². The highest BCUT2D eigenvalue weighted by Gasteiger charge is 2.27. The van der Waals surface area contributed by atoms with Crippen LogP contribution >= 0.6 is 0 Å². The number of nitrogens with zero attached hydrogens (tertiary/aromatic N) is 1. The maximum Gasteiger partial charge on any atom is 0.200 e. The van der Waals surface area contributed by atoms with E-state index in [4.69, 9.17) is 0 Å². The Labute approximate surface area is 66.2 Å². The van der Waals surface area contributed by atoms with Crippen molar-refractivity contribution in [1.82, 2.24) is 9.97 Å². The summed E-state index contributed by atoms with van der Waals surface area (Å²) < 4.78 is 0. The lowest BCUT2D eigenvalue weighted by atomic mass is 10.2. The van der Waals surface area contributed by atoms with Crippen molar-refractivity contribution in [2.24, 2.45) is 0 Å². The van der Waals surface area contributed by atoms with Gasteiger partial charge in [0.2, 0.25) is 0 Å². The zero-order valence-corrected chi connectivity index (χ0v) is 6.94. The van der Waals surface area contributed by atoms with Crippen molar-refractivity contribution in [3.05, 3.63) is 11.4 Å². The molecule has 0 bridgehead atoms. The van der Waals surface area contributed by atoms with Crippen molar-refractivity contribution in [1.29, 1.82) is 0 Å². The van der Waals surface area contributed by atoms with Crippen molar-refractivity contribution >= 4 is 5.95 Å². The second-order valence-corrected chi connectivity index (χ2v) is 3.12. The van der Waals surface area contributed by atoms with E-state index in [2.05, 4.69) is 22.2 Å². The summed E-state index contributed by atoms with van der Waals surface area (Å²) in [5.41, 5.74) is 2.48. The second kappa shape index (κ2) is 2.26. The predicted molar refractivity (Wildman–Crippen MR) is 44.8 cm³/mol. The zero-order chi connectivity index (χ0) is 7.84. The van der Waals surface area contributed by atoms with Crippen LogP contribution in [0.25, 0.3) is 0 Å². The third-order valence-electron chi connectivity index (χ3n) is 2.12. The van der Waals surface area contributed by atoms with Gasteiger partial charge in [-0.2, -0.15) is 0 Å². The molecule has 0 aliphatic heterocycles. The first-order valence-electron chi connectivity index (χ1n) is 4.05. The quantitative estimate of drug-likeness (QED) is 0.674. The molecule has 2 rings (SSSR count). The van der Waals surface area contributed by atoms with Crippen molar-refractivity contribution in [3.8, 4) is 0 Å². The van der Waals surface area contributed by atoms with Crippen molar-refractivity contribution in [2.45, 2.75) is 25.7 Å². The molecule has 3 heteroatoms. The molecule has 1 aromatic heterocycles. The van der Waals surface area contributed by atoms with E-state index in [0.29, 0.717) is 0 Å². The van der Waals surface area contributed by atoms with Gasteiger partial charge in [0, 0.05) is 18.7 Å². The minimum Gasteiger partial charge on any atom is -0.359 e. The SMILES string of the molecule is CNc1nc(C2CC2)c(C)[nH]1. The minimum absolute atomic E-state index is 0.744. The minimum atomic E-state index is 0.744. The fourth-order valence-corrected chi connectivity index (χ4v) is 1.35. The molecule has 60 valence electrons. The van der Waals surface area contributed by atoms with Crippen LogP contribution in [0.5, 0.6) is 0 Å². The molecule has 3 nitrogen and oxygen atoms in total. The summed E-state index contributed by atoms with van der Waals surface area (Å²) in [6, 6.07) is 0. The maximum atomic E-state index is 4.42. The Morgan fingerprint density at radius 2 is 2.27 bits per heavy atom. The third kappa shape index (κ3) is 1.11. The second-order valence-electron chi connectivity index (χ2n) is 3.12. The van der Waals surface area contributed by atoms with Crippen LogP contribution in [0.3, 0.4) is 0 Å². The molecular weight excluding hydrogens is 138 g/mol. The Kier molecular flexibility index (Phi) is 1.37. The molecule has 11 heavy (non-hydrogen) atoms. The van der Waals surface area contributed by atoms with Gasteiger partial charge in [-0.15, -0.1) is 0 Å². The van der Waals surface area contributed by atoms with Gasteiger partial charge >= 0.3 is 0 Å². The molecule has 1 aliphatic carbocycles. The smallest absolute Gasteiger partial charge is 0.200 e. The standard InChI is InChI=1S/C8H13N3/c1-5-7(6-3-4-6)11-8(9-2)10-5/h6H,3-4H2,1-2H3,(H2,9,10,11). The monoisotopic (exact) mass is 151 g/mol. The number of rotatable bonds is 2. The Morgan fingerprint density at radius 3 is 2.73 bits per heavy atom. The zero-order valence-electron chi connectivity index (χ0n) is 6.94. The van der Waals surface area contributed by atoms with E-state index >= 15 is 0 Å². The molecule has 2 N–H and O–H groups in total. The van der Waals surface area contributed by atoms with Crippen LogP contribution in [0, 0.1) is 6.92 Å². The molecule has 0 amide bonds. The molecule has 0 radical (unpaired) electrons. The summed E-state index contributed by atoms with van der Waals surface area (Å²) >= 11 is 0. The fraction of sp³-hybridized carbons (Fsp3) is 0.625.